The molecule has 0 aromatic heterocycles. The number of carbonyl (C=O) groups excluding carboxylic acids is 2. The van der Waals surface area contributed by atoms with E-state index in [1.807, 2.05) is 42.5 Å². The third-order valence-corrected chi connectivity index (χ3v) is 4.28. The third kappa shape index (κ3) is 3.84. The fourth-order valence-corrected chi connectivity index (χ4v) is 2.66. The molecule has 0 atom stereocenters. The fraction of sp³-hybridized carbons (Fsp3) is 0.467. The van der Waals surface area contributed by atoms with Crippen LogP contribution in [0.3, 0.4) is 0 Å². The van der Waals surface area contributed by atoms with E-state index in [2.05, 4.69) is 0 Å². The van der Waals surface area contributed by atoms with Gasteiger partial charge in [0.15, 0.2) is 5.78 Å². The lowest BCUT2D eigenvalue weighted by Crippen LogP contribution is -2.37. The molecule has 20 heavy (non-hydrogen) atoms. The molecular weight excluding hydrogens is 272 g/mol. The van der Waals surface area contributed by atoms with Crippen LogP contribution in [0.2, 0.25) is 0 Å². The van der Waals surface area contributed by atoms with E-state index in [4.69, 9.17) is 0 Å². The lowest BCUT2D eigenvalue weighted by Gasteiger charge is -2.18. The van der Waals surface area contributed by atoms with Crippen molar-refractivity contribution in [3.05, 3.63) is 29.8 Å². The number of likely N-dealkylation sites (N-methyl/N-ethyl adjacent to an activating group) is 1. The Hall–Kier alpha value is -1.33. The van der Waals surface area contributed by atoms with Crippen LogP contribution >= 0.6 is 11.8 Å². The average Bonchev–Trinajstić information content (AvgIpc) is 2.61. The van der Waals surface area contributed by atoms with Crippen molar-refractivity contribution < 1.29 is 9.59 Å². The van der Waals surface area contributed by atoms with Gasteiger partial charge in [-0.25, -0.2) is 0 Å². The Morgan fingerprint density at radius 2 is 1.95 bits per heavy atom. The highest BCUT2D eigenvalue weighted by molar-refractivity contribution is 7.98. The molecule has 1 aliphatic rings. The zero-order valence-corrected chi connectivity index (χ0v) is 12.8. The van der Waals surface area contributed by atoms with Crippen molar-refractivity contribution in [1.82, 2.24) is 9.80 Å². The molecule has 0 aliphatic carbocycles. The minimum Gasteiger partial charge on any atom is -0.345 e. The van der Waals surface area contributed by atoms with Crippen LogP contribution < -0.4 is 0 Å². The van der Waals surface area contributed by atoms with Crippen LogP contribution in [0.25, 0.3) is 0 Å². The molecule has 0 unspecified atom stereocenters. The van der Waals surface area contributed by atoms with Crippen LogP contribution in [0.15, 0.2) is 29.2 Å². The van der Waals surface area contributed by atoms with Crippen molar-refractivity contribution in [2.24, 2.45) is 0 Å². The van der Waals surface area contributed by atoms with Crippen molar-refractivity contribution in [2.45, 2.75) is 11.3 Å². The Morgan fingerprint density at radius 3 is 2.60 bits per heavy atom. The molecule has 0 radical (unpaired) electrons. The maximum atomic E-state index is 12.2. The highest BCUT2D eigenvalue weighted by Gasteiger charge is 2.21. The highest BCUT2D eigenvalue weighted by atomic mass is 32.2. The third-order valence-electron chi connectivity index (χ3n) is 3.53. The lowest BCUT2D eigenvalue weighted by atomic mass is 10.1. The van der Waals surface area contributed by atoms with Gasteiger partial charge < -0.3 is 4.90 Å². The molecule has 1 heterocycles. The second-order valence-corrected chi connectivity index (χ2v) is 5.91. The number of rotatable bonds is 4. The average molecular weight is 292 g/mol. The van der Waals surface area contributed by atoms with Crippen LogP contribution in [-0.2, 0) is 4.79 Å². The van der Waals surface area contributed by atoms with E-state index in [0.29, 0.717) is 18.7 Å². The first-order valence-corrected chi connectivity index (χ1v) is 7.96. The maximum Gasteiger partial charge on any atom is 0.236 e. The Balaban J connectivity index is 1.97. The quantitative estimate of drug-likeness (QED) is 0.626. The van der Waals surface area contributed by atoms with Gasteiger partial charge in [0.1, 0.15) is 0 Å². The Kier molecular flexibility index (Phi) is 5.20. The molecule has 1 saturated heterocycles. The fourth-order valence-electron chi connectivity index (χ4n) is 2.25. The second-order valence-electron chi connectivity index (χ2n) is 5.03. The predicted octanol–water partition coefficient (Wildman–Crippen LogP) is 1.76. The number of carbonyl (C=O) groups is 2. The van der Waals surface area contributed by atoms with Gasteiger partial charge >= 0.3 is 0 Å². The topological polar surface area (TPSA) is 40.6 Å². The summed E-state index contributed by atoms with van der Waals surface area (Å²) in [5.41, 5.74) is 0.716. The van der Waals surface area contributed by atoms with E-state index in [0.717, 1.165) is 24.4 Å². The predicted molar refractivity (Wildman–Crippen MR) is 81.2 cm³/mol. The molecule has 0 saturated carbocycles. The molecule has 5 heteroatoms. The van der Waals surface area contributed by atoms with Gasteiger partial charge in [-0.3, -0.25) is 14.5 Å². The van der Waals surface area contributed by atoms with Gasteiger partial charge in [-0.1, -0.05) is 12.1 Å². The van der Waals surface area contributed by atoms with Crippen LogP contribution in [0.4, 0.5) is 0 Å². The van der Waals surface area contributed by atoms with Gasteiger partial charge in [0.05, 0.1) is 13.1 Å². The number of hydrogen-bond donors (Lipinski definition) is 0. The second kappa shape index (κ2) is 6.90. The molecule has 2 rings (SSSR count). The van der Waals surface area contributed by atoms with E-state index in [-0.39, 0.29) is 11.7 Å². The van der Waals surface area contributed by atoms with Crippen LogP contribution in [0.5, 0.6) is 0 Å². The molecule has 0 bridgehead atoms. The molecule has 0 spiro atoms. The number of hydrogen-bond acceptors (Lipinski definition) is 4. The number of nitrogens with zero attached hydrogens (tertiary/aromatic N) is 2. The summed E-state index contributed by atoms with van der Waals surface area (Å²) < 4.78 is 0. The zero-order valence-electron chi connectivity index (χ0n) is 12.0. The van der Waals surface area contributed by atoms with Crippen molar-refractivity contribution in [3.63, 3.8) is 0 Å². The van der Waals surface area contributed by atoms with Crippen LogP contribution in [0, 0.1) is 0 Å². The summed E-state index contributed by atoms with van der Waals surface area (Å²) in [4.78, 5) is 28.9. The van der Waals surface area contributed by atoms with Crippen LogP contribution in [0.1, 0.15) is 16.8 Å². The van der Waals surface area contributed by atoms with E-state index in [9.17, 15) is 9.59 Å². The number of thioether (sulfide) groups is 1. The Labute approximate surface area is 124 Å². The number of amides is 1. The first-order chi connectivity index (χ1) is 9.60. The molecule has 1 aliphatic heterocycles. The summed E-state index contributed by atoms with van der Waals surface area (Å²) in [7, 11) is 1.81. The minimum absolute atomic E-state index is 0.0787. The summed E-state index contributed by atoms with van der Waals surface area (Å²) in [6.45, 7) is 2.22. The van der Waals surface area contributed by atoms with Gasteiger partial charge in [0, 0.05) is 30.6 Å². The Bertz CT molecular complexity index is 487. The molecule has 108 valence electrons. The molecule has 1 aromatic carbocycles. The minimum atomic E-state index is 0.0787. The van der Waals surface area contributed by atoms with Crippen LogP contribution in [-0.4, -0.2) is 61.0 Å². The van der Waals surface area contributed by atoms with E-state index in [1.54, 1.807) is 16.7 Å². The first-order valence-electron chi connectivity index (χ1n) is 6.73. The summed E-state index contributed by atoms with van der Waals surface area (Å²) in [6, 6.07) is 7.64. The summed E-state index contributed by atoms with van der Waals surface area (Å²) in [5.74, 6) is 0.169. The Morgan fingerprint density at radius 1 is 1.25 bits per heavy atom. The summed E-state index contributed by atoms with van der Waals surface area (Å²) in [6.07, 6.45) is 2.93. The smallest absolute Gasteiger partial charge is 0.236 e. The molecule has 1 fully saturated rings. The number of benzene rings is 1. The first kappa shape index (κ1) is 15.1. The number of ketones is 1. The largest absolute Gasteiger partial charge is 0.345 e. The van der Waals surface area contributed by atoms with Gasteiger partial charge in [0.2, 0.25) is 5.91 Å². The highest BCUT2D eigenvalue weighted by Crippen LogP contribution is 2.15. The maximum absolute atomic E-state index is 12.2. The van der Waals surface area contributed by atoms with Crippen molar-refractivity contribution >= 4 is 23.5 Å². The van der Waals surface area contributed by atoms with Crippen molar-refractivity contribution in [2.75, 3.05) is 39.5 Å². The standard InChI is InChI=1S/C15H20N2O2S/c1-16-8-3-9-17(11-15(16)19)10-14(18)12-4-6-13(20-2)7-5-12/h4-7H,3,8-11H2,1-2H3. The number of Topliss-reactive ketones (excluding diaryl/α,β-unsaturated/α-hetero) is 1. The normalized spacial score (nSPS) is 17.1. The molecular formula is C15H20N2O2S. The van der Waals surface area contributed by atoms with Gasteiger partial charge in [-0.2, -0.15) is 0 Å². The van der Waals surface area contributed by atoms with Gasteiger partial charge in [0.25, 0.3) is 0 Å². The van der Waals surface area contributed by atoms with Gasteiger partial charge in [-0.05, 0) is 24.8 Å². The summed E-state index contributed by atoms with van der Waals surface area (Å²) in [5, 5.41) is 0. The van der Waals surface area contributed by atoms with Gasteiger partial charge in [-0.15, -0.1) is 11.8 Å². The molecule has 4 nitrogen and oxygen atoms in total. The molecule has 0 N–H and O–H groups in total. The monoisotopic (exact) mass is 292 g/mol. The summed E-state index contributed by atoms with van der Waals surface area (Å²) >= 11 is 1.66. The van der Waals surface area contributed by atoms with E-state index in [1.165, 1.54) is 0 Å². The zero-order chi connectivity index (χ0) is 14.5. The van der Waals surface area contributed by atoms with Crippen molar-refractivity contribution in [3.8, 4) is 0 Å². The van der Waals surface area contributed by atoms with Crippen molar-refractivity contribution in [1.29, 1.82) is 0 Å². The molecule has 1 amide bonds. The van der Waals surface area contributed by atoms with E-state index >= 15 is 0 Å². The van der Waals surface area contributed by atoms with E-state index < -0.39 is 0 Å². The lowest BCUT2D eigenvalue weighted by molar-refractivity contribution is -0.129. The molecule has 1 aromatic rings. The SMILES string of the molecule is CSc1ccc(C(=O)CN2CCCN(C)C(=O)C2)cc1.